The van der Waals surface area contributed by atoms with E-state index in [1.807, 2.05) is 6.07 Å². The number of nitrogens with zero attached hydrogens (tertiary/aromatic N) is 8. The summed E-state index contributed by atoms with van der Waals surface area (Å²) in [5, 5.41) is 39.8. The smallest absolute Gasteiger partial charge is 0.237 e. The first kappa shape index (κ1) is 29.7. The van der Waals surface area contributed by atoms with Crippen LogP contribution in [0.2, 0.25) is 0 Å². The Morgan fingerprint density at radius 2 is 1.07 bits per heavy atom. The van der Waals surface area contributed by atoms with E-state index < -0.39 is 45.9 Å². The second-order valence-electron chi connectivity index (χ2n) is 9.35. The first-order valence-electron chi connectivity index (χ1n) is 12.4. The van der Waals surface area contributed by atoms with Crippen molar-refractivity contribution in [3.8, 4) is 24.3 Å². The van der Waals surface area contributed by atoms with Crippen molar-refractivity contribution in [1.29, 1.82) is 21.0 Å². The number of hydrogen-bond donors (Lipinski definition) is 0. The minimum absolute atomic E-state index is 0.00609. The molecule has 3 aromatic carbocycles. The van der Waals surface area contributed by atoms with Gasteiger partial charge in [0.25, 0.3) is 11.4 Å². The van der Waals surface area contributed by atoms with E-state index in [0.29, 0.717) is 24.3 Å². The Bertz CT molecular complexity index is 2290. The van der Waals surface area contributed by atoms with Gasteiger partial charge in [0.1, 0.15) is 11.9 Å². The highest BCUT2D eigenvalue weighted by Crippen LogP contribution is 2.56. The van der Waals surface area contributed by atoms with Crippen LogP contribution in [0.4, 0.5) is 23.2 Å². The third-order valence-corrected chi connectivity index (χ3v) is 7.22. The molecule has 3 aromatic rings. The van der Waals surface area contributed by atoms with Crippen LogP contribution in [0.3, 0.4) is 0 Å². The minimum Gasteiger partial charge on any atom is -0.237 e. The summed E-state index contributed by atoms with van der Waals surface area (Å²) in [6.45, 7) is 30.7. The minimum atomic E-state index is -1.39. The van der Waals surface area contributed by atoms with E-state index in [0.717, 1.165) is 0 Å². The number of allylic oxidation sites excluding steroid dienone is 7. The molecule has 0 atom stereocenters. The van der Waals surface area contributed by atoms with Crippen molar-refractivity contribution < 1.29 is 17.6 Å². The van der Waals surface area contributed by atoms with Gasteiger partial charge in [-0.05, 0) is 74.9 Å². The van der Waals surface area contributed by atoms with E-state index in [1.165, 1.54) is 12.1 Å². The first-order chi connectivity index (χ1) is 22.1. The molecule has 0 bridgehead atoms. The monoisotopic (exact) mass is 602 g/mol. The van der Waals surface area contributed by atoms with Crippen LogP contribution < -0.4 is 0 Å². The van der Waals surface area contributed by atoms with Crippen LogP contribution in [0.25, 0.3) is 52.9 Å². The fourth-order valence-electron chi connectivity index (χ4n) is 5.40. The lowest BCUT2D eigenvalue weighted by Gasteiger charge is -2.13. The van der Waals surface area contributed by atoms with Crippen LogP contribution in [0.15, 0.2) is 47.8 Å². The normalized spacial score (nSPS) is 14.7. The SMILES string of the molecule is [C-]#[N+]C1=C(c2cc(F)c(F)cc2[N+]#[C-])/C(=C(/C#N)[N+]#[C-])c2cc3c(cc21)/C(=C(/C#N)[N+]#[C-])C(c1cc(F)c(F)cc1C#N)=C3C#N. The van der Waals surface area contributed by atoms with Gasteiger partial charge in [-0.25, -0.2) is 47.5 Å². The average Bonchev–Trinajstić information content (AvgIpc) is 3.55. The number of benzene rings is 3. The van der Waals surface area contributed by atoms with E-state index in [2.05, 4.69) is 19.4 Å². The molecule has 0 saturated carbocycles. The van der Waals surface area contributed by atoms with Crippen molar-refractivity contribution in [3.05, 3.63) is 156 Å². The molecule has 12 heteroatoms. The van der Waals surface area contributed by atoms with Gasteiger partial charge in [0.2, 0.25) is 5.70 Å². The summed E-state index contributed by atoms with van der Waals surface area (Å²) in [7, 11) is 0. The van der Waals surface area contributed by atoms with Crippen LogP contribution in [0, 0.1) is 94.9 Å². The Kier molecular flexibility index (Phi) is 7.21. The average molecular weight is 602 g/mol. The van der Waals surface area contributed by atoms with Gasteiger partial charge in [0.15, 0.2) is 23.1 Å². The largest absolute Gasteiger partial charge is 0.270 e. The third-order valence-electron chi connectivity index (χ3n) is 7.22. The molecular formula is C34H6F4N8. The van der Waals surface area contributed by atoms with Crippen LogP contribution >= 0.6 is 0 Å². The summed E-state index contributed by atoms with van der Waals surface area (Å²) in [6, 6.07) is 12.1. The predicted octanol–water partition coefficient (Wildman–Crippen LogP) is 8.22. The van der Waals surface area contributed by atoms with Crippen LogP contribution in [-0.2, 0) is 0 Å². The molecule has 0 heterocycles. The maximum atomic E-state index is 14.5. The second-order valence-corrected chi connectivity index (χ2v) is 9.35. The molecular weight excluding hydrogens is 596 g/mol. The fourth-order valence-corrected chi connectivity index (χ4v) is 5.40. The van der Waals surface area contributed by atoms with Crippen molar-refractivity contribution in [1.82, 2.24) is 0 Å². The molecule has 0 unspecified atom stereocenters. The van der Waals surface area contributed by atoms with Gasteiger partial charge < -0.3 is 0 Å². The number of hydrogen-bond acceptors (Lipinski definition) is 4. The molecule has 0 aromatic heterocycles. The molecule has 0 amide bonds. The summed E-state index contributed by atoms with van der Waals surface area (Å²) in [4.78, 5) is 13.2. The molecule has 0 N–H and O–H groups in total. The van der Waals surface area contributed by atoms with Crippen molar-refractivity contribution in [2.45, 2.75) is 0 Å². The standard InChI is InChI=1S/C34H6F4N8/c1-43-27-10-26(38)25(37)9-21(27)33-32(29(14-42)45-3)19-6-17-18(7-20(19)34(33)46-4)31(28(13-41)44-2)30(22(17)12-40)16-8-24(36)23(35)5-15(16)11-39/h5-10H/b31-28+,32-29-. The van der Waals surface area contributed by atoms with Crippen molar-refractivity contribution in [2.24, 2.45) is 0 Å². The lowest BCUT2D eigenvalue weighted by molar-refractivity contribution is 0.508. The number of rotatable bonds is 2. The molecule has 0 spiro atoms. The Hall–Kier alpha value is -7.74. The van der Waals surface area contributed by atoms with Crippen LogP contribution in [0.1, 0.15) is 38.9 Å². The molecule has 0 radical (unpaired) electrons. The summed E-state index contributed by atoms with van der Waals surface area (Å²) >= 11 is 0. The van der Waals surface area contributed by atoms with E-state index in [1.54, 1.807) is 18.2 Å². The van der Waals surface area contributed by atoms with Crippen LogP contribution in [0.5, 0.6) is 0 Å². The number of nitriles is 4. The molecule has 2 aliphatic carbocycles. The summed E-state index contributed by atoms with van der Waals surface area (Å²) in [5.41, 5.74) is -4.26. The Morgan fingerprint density at radius 3 is 1.59 bits per heavy atom. The van der Waals surface area contributed by atoms with Gasteiger partial charge in [-0.1, -0.05) is 6.07 Å². The predicted molar refractivity (Wildman–Crippen MR) is 154 cm³/mol. The molecule has 5 rings (SSSR count). The zero-order chi connectivity index (χ0) is 33.4. The topological polar surface area (TPSA) is 113 Å². The maximum Gasteiger partial charge on any atom is 0.270 e. The molecule has 0 aliphatic heterocycles. The van der Waals surface area contributed by atoms with E-state index in [-0.39, 0.29) is 66.9 Å². The Labute approximate surface area is 257 Å². The lowest BCUT2D eigenvalue weighted by atomic mass is 9.90. The highest BCUT2D eigenvalue weighted by molar-refractivity contribution is 6.29. The van der Waals surface area contributed by atoms with Gasteiger partial charge >= 0.3 is 0 Å². The van der Waals surface area contributed by atoms with Gasteiger partial charge in [0, 0.05) is 11.1 Å². The highest BCUT2D eigenvalue weighted by atomic mass is 19.2. The second kappa shape index (κ2) is 11.2. The summed E-state index contributed by atoms with van der Waals surface area (Å²) in [5.74, 6) is -5.48. The molecule has 8 nitrogen and oxygen atoms in total. The maximum absolute atomic E-state index is 14.5. The van der Waals surface area contributed by atoms with Gasteiger partial charge in [-0.3, -0.25) is 0 Å². The summed E-state index contributed by atoms with van der Waals surface area (Å²) in [6.07, 6.45) is 0. The molecule has 0 saturated heterocycles. The Balaban J connectivity index is 1.99. The van der Waals surface area contributed by atoms with Crippen molar-refractivity contribution in [3.63, 3.8) is 0 Å². The summed E-state index contributed by atoms with van der Waals surface area (Å²) < 4.78 is 57.2. The van der Waals surface area contributed by atoms with Gasteiger partial charge in [-0.15, -0.1) is 0 Å². The van der Waals surface area contributed by atoms with E-state index >= 15 is 0 Å². The van der Waals surface area contributed by atoms with E-state index in [9.17, 15) is 38.6 Å². The van der Waals surface area contributed by atoms with Crippen molar-refractivity contribution in [2.75, 3.05) is 0 Å². The molecule has 46 heavy (non-hydrogen) atoms. The highest BCUT2D eigenvalue weighted by Gasteiger charge is 2.38. The lowest BCUT2D eigenvalue weighted by Crippen LogP contribution is -1.97. The molecule has 210 valence electrons. The zero-order valence-corrected chi connectivity index (χ0v) is 22.6. The first-order valence-corrected chi connectivity index (χ1v) is 12.4. The van der Waals surface area contributed by atoms with Gasteiger partial charge in [-0.2, -0.15) is 10.5 Å². The fraction of sp³-hybridized carbons (Fsp3) is 0. The van der Waals surface area contributed by atoms with Crippen molar-refractivity contribution >= 4 is 39.2 Å². The van der Waals surface area contributed by atoms with Crippen LogP contribution in [-0.4, -0.2) is 0 Å². The Morgan fingerprint density at radius 1 is 0.543 bits per heavy atom. The zero-order valence-electron chi connectivity index (χ0n) is 22.6. The third kappa shape index (κ3) is 4.15. The quantitative estimate of drug-likeness (QED) is 0.167. The molecule has 2 aliphatic rings. The van der Waals surface area contributed by atoms with Gasteiger partial charge in [0.05, 0.1) is 55.6 Å². The number of fused-ring (bicyclic) bond motifs is 2. The molecule has 0 fully saturated rings. The van der Waals surface area contributed by atoms with E-state index in [4.69, 9.17) is 26.3 Å². The number of halogens is 4.